The van der Waals surface area contributed by atoms with Crippen molar-refractivity contribution in [3.8, 4) is 0 Å². The lowest BCUT2D eigenvalue weighted by Gasteiger charge is -2.21. The average Bonchev–Trinajstić information content (AvgIpc) is 3.19. The van der Waals surface area contributed by atoms with E-state index in [0.717, 1.165) is 50.2 Å². The summed E-state index contributed by atoms with van der Waals surface area (Å²) in [6.45, 7) is 11.1. The minimum atomic E-state index is 0. The summed E-state index contributed by atoms with van der Waals surface area (Å²) in [5.74, 6) is 3.98. The molecule has 6 nitrogen and oxygen atoms in total. The second kappa shape index (κ2) is 11.3. The fourth-order valence-electron chi connectivity index (χ4n) is 2.60. The van der Waals surface area contributed by atoms with Crippen molar-refractivity contribution in [1.82, 2.24) is 20.8 Å². The van der Waals surface area contributed by atoms with Crippen molar-refractivity contribution < 1.29 is 4.52 Å². The second-order valence-electron chi connectivity index (χ2n) is 6.83. The van der Waals surface area contributed by atoms with Crippen molar-refractivity contribution in [1.29, 1.82) is 0 Å². The number of aliphatic imine (C=N–C) groups is 1. The highest BCUT2D eigenvalue weighted by Crippen LogP contribution is 2.37. The molecule has 2 heterocycles. The Balaban J connectivity index is 0.00000312. The summed E-state index contributed by atoms with van der Waals surface area (Å²) >= 11 is 2.04. The van der Waals surface area contributed by atoms with E-state index < -0.39 is 0 Å². The van der Waals surface area contributed by atoms with E-state index in [4.69, 9.17) is 9.52 Å². The Hall–Kier alpha value is -0.510. The first kappa shape index (κ1) is 22.5. The van der Waals surface area contributed by atoms with Gasteiger partial charge in [-0.05, 0) is 38.9 Å². The molecule has 0 saturated carbocycles. The molecule has 0 aliphatic carbocycles. The van der Waals surface area contributed by atoms with Gasteiger partial charge >= 0.3 is 0 Å². The first-order valence-electron chi connectivity index (χ1n) is 9.01. The summed E-state index contributed by atoms with van der Waals surface area (Å²) in [4.78, 5) is 9.17. The zero-order chi connectivity index (χ0) is 17.4. The van der Waals surface area contributed by atoms with Gasteiger partial charge in [-0.15, -0.1) is 24.0 Å². The molecule has 1 unspecified atom stereocenters. The van der Waals surface area contributed by atoms with Gasteiger partial charge in [0.05, 0.1) is 6.54 Å². The maximum Gasteiger partial charge on any atom is 0.226 e. The molecule has 25 heavy (non-hydrogen) atoms. The number of rotatable bonds is 8. The molecule has 8 heteroatoms. The SMILES string of the molecule is CCNC(=NCC1(C)CCCS1)NCCCc1nc(C(C)C)no1.I. The monoisotopic (exact) mass is 481 g/mol. The van der Waals surface area contributed by atoms with Gasteiger partial charge in [-0.1, -0.05) is 19.0 Å². The van der Waals surface area contributed by atoms with Crippen molar-refractivity contribution in [3.05, 3.63) is 11.7 Å². The average molecular weight is 481 g/mol. The molecule has 1 saturated heterocycles. The minimum absolute atomic E-state index is 0. The van der Waals surface area contributed by atoms with E-state index in [2.05, 4.69) is 48.5 Å². The Morgan fingerprint density at radius 1 is 1.40 bits per heavy atom. The van der Waals surface area contributed by atoms with Crippen LogP contribution in [0.5, 0.6) is 0 Å². The Morgan fingerprint density at radius 3 is 2.80 bits per heavy atom. The topological polar surface area (TPSA) is 75.3 Å². The van der Waals surface area contributed by atoms with E-state index in [1.54, 1.807) is 0 Å². The Bertz CT molecular complexity index is 529. The number of halogens is 1. The van der Waals surface area contributed by atoms with Gasteiger partial charge in [-0.3, -0.25) is 4.99 Å². The van der Waals surface area contributed by atoms with Gasteiger partial charge in [0.25, 0.3) is 0 Å². The lowest BCUT2D eigenvalue weighted by molar-refractivity contribution is 0.368. The van der Waals surface area contributed by atoms with Gasteiger partial charge in [-0.25, -0.2) is 0 Å². The van der Waals surface area contributed by atoms with Crippen LogP contribution in [0, 0.1) is 0 Å². The van der Waals surface area contributed by atoms with Crippen LogP contribution in [0.2, 0.25) is 0 Å². The summed E-state index contributed by atoms with van der Waals surface area (Å²) in [7, 11) is 0. The molecule has 2 N–H and O–H groups in total. The first-order chi connectivity index (χ1) is 11.5. The highest BCUT2D eigenvalue weighted by molar-refractivity contribution is 14.0. The molecule has 1 aromatic heterocycles. The van der Waals surface area contributed by atoms with E-state index >= 15 is 0 Å². The van der Waals surface area contributed by atoms with E-state index in [1.807, 2.05) is 11.8 Å². The number of nitrogens with one attached hydrogen (secondary N) is 2. The van der Waals surface area contributed by atoms with Gasteiger partial charge in [-0.2, -0.15) is 16.7 Å². The number of thioether (sulfide) groups is 1. The summed E-state index contributed by atoms with van der Waals surface area (Å²) in [6, 6.07) is 0. The number of aromatic nitrogens is 2. The third-order valence-corrected chi connectivity index (χ3v) is 5.60. The van der Waals surface area contributed by atoms with Crippen LogP contribution in [0.1, 0.15) is 64.6 Å². The molecular formula is C17H32IN5OS. The third-order valence-electron chi connectivity index (χ3n) is 4.08. The van der Waals surface area contributed by atoms with E-state index in [0.29, 0.717) is 10.7 Å². The van der Waals surface area contributed by atoms with Crippen LogP contribution in [0.3, 0.4) is 0 Å². The maximum absolute atomic E-state index is 5.27. The maximum atomic E-state index is 5.27. The van der Waals surface area contributed by atoms with Crippen LogP contribution in [0.4, 0.5) is 0 Å². The Labute approximate surface area is 172 Å². The number of hydrogen-bond donors (Lipinski definition) is 2. The molecule has 0 radical (unpaired) electrons. The van der Waals surface area contributed by atoms with Crippen LogP contribution in [-0.4, -0.2) is 46.2 Å². The predicted octanol–water partition coefficient (Wildman–Crippen LogP) is 3.58. The number of aryl methyl sites for hydroxylation is 1. The molecule has 1 atom stereocenters. The Kier molecular flexibility index (Phi) is 10.1. The molecule has 0 spiro atoms. The fourth-order valence-corrected chi connectivity index (χ4v) is 3.83. The van der Waals surface area contributed by atoms with Crippen molar-refractivity contribution in [3.63, 3.8) is 0 Å². The van der Waals surface area contributed by atoms with Crippen LogP contribution in [0.25, 0.3) is 0 Å². The van der Waals surface area contributed by atoms with E-state index in [-0.39, 0.29) is 24.0 Å². The first-order valence-corrected chi connectivity index (χ1v) is 9.99. The van der Waals surface area contributed by atoms with Gasteiger partial charge < -0.3 is 15.2 Å². The number of hydrogen-bond acceptors (Lipinski definition) is 5. The molecule has 1 aliphatic rings. The molecular weight excluding hydrogens is 449 g/mol. The zero-order valence-electron chi connectivity index (χ0n) is 15.8. The molecule has 0 bridgehead atoms. The largest absolute Gasteiger partial charge is 0.357 e. The predicted molar refractivity (Wildman–Crippen MR) is 116 cm³/mol. The summed E-state index contributed by atoms with van der Waals surface area (Å²) in [5.41, 5.74) is 0. The smallest absolute Gasteiger partial charge is 0.226 e. The lowest BCUT2D eigenvalue weighted by atomic mass is 10.1. The molecule has 1 aromatic rings. The normalized spacial score (nSPS) is 20.6. The van der Waals surface area contributed by atoms with Crippen molar-refractivity contribution >= 4 is 41.7 Å². The lowest BCUT2D eigenvalue weighted by Crippen LogP contribution is -2.39. The van der Waals surface area contributed by atoms with Crippen molar-refractivity contribution in [2.75, 3.05) is 25.4 Å². The molecule has 144 valence electrons. The summed E-state index contributed by atoms with van der Waals surface area (Å²) < 4.78 is 5.58. The molecule has 0 aromatic carbocycles. The van der Waals surface area contributed by atoms with Gasteiger partial charge in [0.15, 0.2) is 11.8 Å². The number of nitrogens with zero attached hydrogens (tertiary/aromatic N) is 3. The molecule has 0 amide bonds. The summed E-state index contributed by atoms with van der Waals surface area (Å²) in [6.07, 6.45) is 4.30. The van der Waals surface area contributed by atoms with Crippen LogP contribution in [-0.2, 0) is 6.42 Å². The van der Waals surface area contributed by atoms with Crippen LogP contribution in [0.15, 0.2) is 9.52 Å². The van der Waals surface area contributed by atoms with Gasteiger partial charge in [0.2, 0.25) is 5.89 Å². The third kappa shape index (κ3) is 7.72. The summed E-state index contributed by atoms with van der Waals surface area (Å²) in [5, 5.41) is 10.7. The highest BCUT2D eigenvalue weighted by Gasteiger charge is 2.29. The quantitative estimate of drug-likeness (QED) is 0.256. The minimum Gasteiger partial charge on any atom is -0.357 e. The van der Waals surface area contributed by atoms with Gasteiger partial charge in [0.1, 0.15) is 0 Å². The van der Waals surface area contributed by atoms with E-state index in [9.17, 15) is 0 Å². The zero-order valence-corrected chi connectivity index (χ0v) is 18.9. The van der Waals surface area contributed by atoms with E-state index in [1.165, 1.54) is 18.6 Å². The van der Waals surface area contributed by atoms with Crippen LogP contribution < -0.4 is 10.6 Å². The van der Waals surface area contributed by atoms with Crippen molar-refractivity contribution in [2.45, 2.75) is 64.0 Å². The van der Waals surface area contributed by atoms with Crippen molar-refractivity contribution in [2.24, 2.45) is 4.99 Å². The molecule has 1 fully saturated rings. The Morgan fingerprint density at radius 2 is 2.20 bits per heavy atom. The van der Waals surface area contributed by atoms with Gasteiger partial charge in [0, 0.05) is 30.2 Å². The van der Waals surface area contributed by atoms with Crippen LogP contribution >= 0.6 is 35.7 Å². The number of guanidine groups is 1. The fraction of sp³-hybridized carbons (Fsp3) is 0.824. The standard InChI is InChI=1S/C17H31N5OS.HI/c1-5-18-16(20-12-17(4)9-7-11-24-17)19-10-6-8-14-21-15(13(2)3)22-23-14;/h13H,5-12H2,1-4H3,(H2,18,19,20);1H. The molecule has 1 aliphatic heterocycles. The second-order valence-corrected chi connectivity index (χ2v) is 8.51. The molecule has 2 rings (SSSR count). The highest BCUT2D eigenvalue weighted by atomic mass is 127.